The van der Waals surface area contributed by atoms with E-state index in [1.54, 1.807) is 20.2 Å². The number of amides is 1. The summed E-state index contributed by atoms with van der Waals surface area (Å²) >= 11 is 0. The number of aliphatic hydroxyl groups is 1. The number of phenols is 1. The van der Waals surface area contributed by atoms with Gasteiger partial charge in [0.1, 0.15) is 5.75 Å². The van der Waals surface area contributed by atoms with Crippen LogP contribution >= 0.6 is 0 Å². The van der Waals surface area contributed by atoms with Gasteiger partial charge in [0, 0.05) is 37.8 Å². The largest absolute Gasteiger partial charge is 0.507 e. The molecule has 1 aromatic carbocycles. The average molecular weight is 569 g/mol. The summed E-state index contributed by atoms with van der Waals surface area (Å²) in [5.41, 5.74) is 5.07. The van der Waals surface area contributed by atoms with Crippen molar-refractivity contribution in [3.63, 3.8) is 0 Å². The molecule has 3 fully saturated rings. The first-order valence-electron chi connectivity index (χ1n) is 14.3. The van der Waals surface area contributed by atoms with Crippen LogP contribution in [0.4, 0.5) is 5.69 Å². The fourth-order valence-corrected chi connectivity index (χ4v) is 8.21. The molecule has 1 saturated heterocycles. The van der Waals surface area contributed by atoms with Gasteiger partial charge in [-0.2, -0.15) is 0 Å². The van der Waals surface area contributed by atoms with E-state index >= 15 is 0 Å². The summed E-state index contributed by atoms with van der Waals surface area (Å²) in [4.78, 5) is 72.8. The predicted octanol–water partition coefficient (Wildman–Crippen LogP) is 0.478. The number of rotatable bonds is 5. The maximum atomic E-state index is 14.1. The number of likely N-dealkylation sites (tertiary alicyclic amines) is 1. The molecule has 11 heteroatoms. The quantitative estimate of drug-likeness (QED) is 0.426. The number of benzene rings is 1. The van der Waals surface area contributed by atoms with Crippen molar-refractivity contribution in [3.05, 3.63) is 22.8 Å². The van der Waals surface area contributed by atoms with Gasteiger partial charge in [0.15, 0.2) is 34.7 Å². The molecule has 0 bridgehead atoms. The molecule has 1 aliphatic heterocycles. The fourth-order valence-electron chi connectivity index (χ4n) is 8.21. The van der Waals surface area contributed by atoms with Crippen molar-refractivity contribution in [1.82, 2.24) is 9.80 Å². The summed E-state index contributed by atoms with van der Waals surface area (Å²) in [5.74, 6) is -10.3. The number of likely N-dealkylation sites (N-methyl/N-ethyl adjacent to an activating group) is 1. The highest BCUT2D eigenvalue weighted by molar-refractivity contribution is 6.32. The number of hydrogen-bond donors (Lipinski definition) is 3. The number of fused-ring (bicyclic) bond motifs is 3. The zero-order chi connectivity index (χ0) is 30.3. The molecule has 11 nitrogen and oxygen atoms in total. The zero-order valence-electron chi connectivity index (χ0n) is 24.5. The van der Waals surface area contributed by atoms with Gasteiger partial charge >= 0.3 is 0 Å². The average Bonchev–Trinajstić information content (AvgIpc) is 3.35. The van der Waals surface area contributed by atoms with Gasteiger partial charge in [0.05, 0.1) is 17.5 Å². The normalized spacial score (nSPS) is 33.7. The van der Waals surface area contributed by atoms with Gasteiger partial charge in [0.2, 0.25) is 5.91 Å². The van der Waals surface area contributed by atoms with Crippen molar-refractivity contribution in [2.24, 2.45) is 29.4 Å². The molecule has 7 atom stereocenters. The van der Waals surface area contributed by atoms with E-state index in [9.17, 15) is 34.2 Å². The fraction of sp³-hybridized carbons (Fsp3) is 0.633. The molecule has 1 aromatic rings. The molecule has 4 N–H and O–H groups in total. The van der Waals surface area contributed by atoms with Crippen molar-refractivity contribution < 1.29 is 34.2 Å². The van der Waals surface area contributed by atoms with Crippen molar-refractivity contribution in [3.8, 4) is 5.75 Å². The van der Waals surface area contributed by atoms with Gasteiger partial charge < -0.3 is 20.8 Å². The number of Topliss-reactive ketones (excluding diaryl/α,β-unsaturated/α-hetero) is 4. The van der Waals surface area contributed by atoms with E-state index in [0.717, 1.165) is 30.6 Å². The molecule has 3 aliphatic carbocycles. The van der Waals surface area contributed by atoms with Gasteiger partial charge in [-0.05, 0) is 83.3 Å². The van der Waals surface area contributed by atoms with E-state index in [1.165, 1.54) is 4.90 Å². The van der Waals surface area contributed by atoms with E-state index in [4.69, 9.17) is 5.73 Å². The van der Waals surface area contributed by atoms with Gasteiger partial charge in [-0.3, -0.25) is 33.8 Å². The van der Waals surface area contributed by atoms with Crippen LogP contribution in [0, 0.1) is 23.7 Å². The second kappa shape index (κ2) is 9.99. The Hall–Kier alpha value is -3.15. The molecule has 41 heavy (non-hydrogen) atoms. The number of aromatic hydroxyl groups is 1. The van der Waals surface area contributed by atoms with E-state index in [1.807, 2.05) is 19.0 Å². The lowest BCUT2D eigenvalue weighted by molar-refractivity contribution is -0.181. The SMILES string of the molecule is CC(C)N1CCCC1c1cc(O)c2c(c1N(C)C)CC1CC3C(N(C)C)C(=O)C(C(N)=O)C(=O)C3(O)C(=O)C1C2=O. The molecule has 0 aromatic heterocycles. The van der Waals surface area contributed by atoms with Gasteiger partial charge in [0.25, 0.3) is 0 Å². The Morgan fingerprint density at radius 1 is 1.12 bits per heavy atom. The first-order valence-corrected chi connectivity index (χ1v) is 14.3. The standard InChI is InChI=1S/C30H40N4O7/c1-13(2)34-9-7-8-18(34)15-12-19(35)21-16(23(15)32(3)4)10-14-11-17-24(33(5)6)26(37)22(29(31)40)28(39)30(17,41)27(38)20(14)25(21)36/h12-14,17-18,20,22,24,35,41H,7-11H2,1-6H3,(H2,31,40). The first-order chi connectivity index (χ1) is 19.1. The van der Waals surface area contributed by atoms with Crippen LogP contribution in [-0.2, 0) is 25.6 Å². The Kier molecular flexibility index (Phi) is 7.15. The molecular weight excluding hydrogens is 528 g/mol. The number of hydrogen-bond acceptors (Lipinski definition) is 10. The summed E-state index contributed by atoms with van der Waals surface area (Å²) < 4.78 is 0. The van der Waals surface area contributed by atoms with E-state index < -0.39 is 64.4 Å². The van der Waals surface area contributed by atoms with Crippen LogP contribution in [0.5, 0.6) is 5.75 Å². The molecule has 0 radical (unpaired) electrons. The summed E-state index contributed by atoms with van der Waals surface area (Å²) in [6, 6.07) is 0.830. The molecule has 7 unspecified atom stereocenters. The lowest BCUT2D eigenvalue weighted by Crippen LogP contribution is -2.74. The van der Waals surface area contributed by atoms with E-state index in [2.05, 4.69) is 18.7 Å². The number of nitrogens with zero attached hydrogens (tertiary/aromatic N) is 3. The first kappa shape index (κ1) is 29.3. The molecule has 1 heterocycles. The van der Waals surface area contributed by atoms with Crippen LogP contribution in [0.15, 0.2) is 6.07 Å². The summed E-state index contributed by atoms with van der Waals surface area (Å²) in [6.45, 7) is 5.18. The predicted molar refractivity (Wildman–Crippen MR) is 150 cm³/mol. The maximum absolute atomic E-state index is 14.1. The molecule has 5 rings (SSSR count). The lowest BCUT2D eigenvalue weighted by Gasteiger charge is -2.52. The van der Waals surface area contributed by atoms with Crippen molar-refractivity contribution in [2.75, 3.05) is 39.6 Å². The van der Waals surface area contributed by atoms with E-state index in [-0.39, 0.29) is 36.2 Å². The molecule has 2 saturated carbocycles. The Morgan fingerprint density at radius 2 is 1.78 bits per heavy atom. The second-order valence-corrected chi connectivity index (χ2v) is 12.9. The Labute approximate surface area is 239 Å². The highest BCUT2D eigenvalue weighted by Gasteiger charge is 2.69. The topological polar surface area (TPSA) is 162 Å². The van der Waals surface area contributed by atoms with Crippen LogP contribution in [0.3, 0.4) is 0 Å². The molecule has 4 aliphatic rings. The Morgan fingerprint density at radius 3 is 2.34 bits per heavy atom. The highest BCUT2D eigenvalue weighted by Crippen LogP contribution is 2.53. The third-order valence-electron chi connectivity index (χ3n) is 9.83. The number of primary amides is 1. The zero-order valence-corrected chi connectivity index (χ0v) is 24.5. The molecular formula is C30H40N4O7. The van der Waals surface area contributed by atoms with Crippen LogP contribution in [0.1, 0.15) is 60.6 Å². The molecule has 1 amide bonds. The number of nitrogens with two attached hydrogens (primary N) is 1. The third-order valence-corrected chi connectivity index (χ3v) is 9.83. The molecule has 222 valence electrons. The summed E-state index contributed by atoms with van der Waals surface area (Å²) in [6.07, 6.45) is 2.19. The van der Waals surface area contributed by atoms with Crippen LogP contribution < -0.4 is 10.6 Å². The minimum absolute atomic E-state index is 0.0261. The number of carbonyl (C=O) groups is 5. The van der Waals surface area contributed by atoms with Crippen molar-refractivity contribution in [2.45, 2.75) is 63.3 Å². The van der Waals surface area contributed by atoms with Crippen molar-refractivity contribution >= 4 is 34.7 Å². The van der Waals surface area contributed by atoms with Crippen molar-refractivity contribution in [1.29, 1.82) is 0 Å². The van der Waals surface area contributed by atoms with Crippen LogP contribution in [0.25, 0.3) is 0 Å². The highest BCUT2D eigenvalue weighted by atomic mass is 16.3. The van der Waals surface area contributed by atoms with Gasteiger partial charge in [-0.15, -0.1) is 0 Å². The van der Waals surface area contributed by atoms with E-state index in [0.29, 0.717) is 5.56 Å². The number of anilines is 1. The summed E-state index contributed by atoms with van der Waals surface area (Å²) in [7, 11) is 6.92. The maximum Gasteiger partial charge on any atom is 0.235 e. The lowest BCUT2D eigenvalue weighted by atomic mass is 9.52. The summed E-state index contributed by atoms with van der Waals surface area (Å²) in [5, 5.41) is 23.0. The Balaban J connectivity index is 1.66. The monoisotopic (exact) mass is 568 g/mol. The smallest absolute Gasteiger partial charge is 0.235 e. The second-order valence-electron chi connectivity index (χ2n) is 12.9. The Bertz CT molecular complexity index is 1350. The van der Waals surface area contributed by atoms with Crippen LogP contribution in [0.2, 0.25) is 0 Å². The minimum atomic E-state index is -2.72. The number of phenolic OH excluding ortho intramolecular Hbond substituents is 1. The molecule has 0 spiro atoms. The van der Waals surface area contributed by atoms with Crippen LogP contribution in [-0.4, -0.2) is 101 Å². The number of carbonyl (C=O) groups excluding carboxylic acids is 5. The number of ketones is 4. The minimum Gasteiger partial charge on any atom is -0.507 e. The van der Waals surface area contributed by atoms with Gasteiger partial charge in [-0.25, -0.2) is 0 Å². The van der Waals surface area contributed by atoms with Gasteiger partial charge in [-0.1, -0.05) is 0 Å². The third kappa shape index (κ3) is 4.07.